The first kappa shape index (κ1) is 9.51. The zero-order chi connectivity index (χ0) is 10.8. The van der Waals surface area contributed by atoms with E-state index in [0.717, 1.165) is 10.8 Å². The first-order valence-corrected chi connectivity index (χ1v) is 4.36. The quantitative estimate of drug-likeness (QED) is 0.540. The minimum atomic E-state index is 0.508. The van der Waals surface area contributed by atoms with Gasteiger partial charge >= 0.3 is 0 Å². The van der Waals surface area contributed by atoms with Crippen molar-refractivity contribution in [2.24, 2.45) is 0 Å². The van der Waals surface area contributed by atoms with E-state index in [2.05, 4.69) is 5.10 Å². The van der Waals surface area contributed by atoms with Crippen LogP contribution in [0.3, 0.4) is 0 Å². The van der Waals surface area contributed by atoms with Gasteiger partial charge in [0, 0.05) is 10.5 Å². The molecule has 5 nitrogen and oxygen atoms in total. The molecule has 2 rings (SSSR count). The van der Waals surface area contributed by atoms with Crippen LogP contribution in [0.4, 0.5) is 0 Å². The summed E-state index contributed by atoms with van der Waals surface area (Å²) in [5, 5.41) is 16.2. The summed E-state index contributed by atoms with van der Waals surface area (Å²) in [6.07, 6.45) is 2.88. The van der Waals surface area contributed by atoms with Gasteiger partial charge in [0.1, 0.15) is 6.20 Å². The van der Waals surface area contributed by atoms with Crippen LogP contribution in [0.1, 0.15) is 0 Å². The summed E-state index contributed by atoms with van der Waals surface area (Å²) in [5.74, 6) is 1.21. The molecule has 0 spiro atoms. The number of benzene rings is 1. The van der Waals surface area contributed by atoms with Crippen LogP contribution in [-0.2, 0) is 0 Å². The van der Waals surface area contributed by atoms with Crippen molar-refractivity contribution in [2.75, 3.05) is 14.2 Å². The number of methoxy groups -OCH3 is 2. The van der Waals surface area contributed by atoms with Gasteiger partial charge in [0.2, 0.25) is 6.20 Å². The van der Waals surface area contributed by atoms with Crippen molar-refractivity contribution < 1.29 is 14.3 Å². The predicted octanol–water partition coefficient (Wildman–Crippen LogP) is 0.885. The Hall–Kier alpha value is -2.04. The monoisotopic (exact) mass is 206 g/mol. The number of hydrogen-bond donors (Lipinski definition) is 0. The van der Waals surface area contributed by atoms with E-state index < -0.39 is 0 Å². The molecule has 0 fully saturated rings. The van der Waals surface area contributed by atoms with Crippen molar-refractivity contribution in [3.63, 3.8) is 0 Å². The summed E-state index contributed by atoms with van der Waals surface area (Å²) in [6, 6.07) is 3.52. The summed E-state index contributed by atoms with van der Waals surface area (Å²) >= 11 is 0. The lowest BCUT2D eigenvalue weighted by atomic mass is 10.2. The highest BCUT2D eigenvalue weighted by Crippen LogP contribution is 2.30. The van der Waals surface area contributed by atoms with E-state index in [1.807, 2.05) is 0 Å². The molecule has 2 aromatic rings. The fraction of sp³-hybridized carbons (Fsp3) is 0.200. The highest BCUT2D eigenvalue weighted by atomic mass is 16.5. The number of aromatic nitrogens is 2. The average Bonchev–Trinajstić information content (AvgIpc) is 2.27. The van der Waals surface area contributed by atoms with E-state index >= 15 is 0 Å². The lowest BCUT2D eigenvalue weighted by Crippen LogP contribution is -2.29. The third-order valence-electron chi connectivity index (χ3n) is 2.15. The van der Waals surface area contributed by atoms with Gasteiger partial charge in [-0.25, -0.2) is 0 Å². The van der Waals surface area contributed by atoms with Crippen molar-refractivity contribution in [1.29, 1.82) is 0 Å². The second kappa shape index (κ2) is 3.61. The topological polar surface area (TPSA) is 58.3 Å². The molecule has 1 heterocycles. The first-order chi connectivity index (χ1) is 7.24. The minimum Gasteiger partial charge on any atom is -0.594 e. The molecule has 0 aliphatic carbocycles. The third kappa shape index (κ3) is 1.63. The van der Waals surface area contributed by atoms with Gasteiger partial charge in [-0.15, -0.1) is 0 Å². The van der Waals surface area contributed by atoms with Crippen LogP contribution >= 0.6 is 0 Å². The fourth-order valence-corrected chi connectivity index (χ4v) is 1.41. The van der Waals surface area contributed by atoms with E-state index in [1.165, 1.54) is 12.4 Å². The van der Waals surface area contributed by atoms with E-state index in [1.54, 1.807) is 26.4 Å². The standard InChI is InChI=1S/C10H10N2O3/c1-14-9-3-7-5-11-12(13)6-8(7)4-10(9)15-2/h3-6H,1-2H3. The van der Waals surface area contributed by atoms with Gasteiger partial charge in [0.25, 0.3) is 0 Å². The van der Waals surface area contributed by atoms with Gasteiger partial charge in [0.05, 0.1) is 19.6 Å². The Kier molecular flexibility index (Phi) is 2.29. The maximum Gasteiger partial charge on any atom is 0.217 e. The van der Waals surface area contributed by atoms with Gasteiger partial charge in [-0.1, -0.05) is 4.85 Å². The largest absolute Gasteiger partial charge is 0.594 e. The Labute approximate surface area is 86.4 Å². The molecule has 1 aromatic carbocycles. The van der Waals surface area contributed by atoms with Crippen LogP contribution in [0.15, 0.2) is 24.5 Å². The summed E-state index contributed by atoms with van der Waals surface area (Å²) in [5.41, 5.74) is 0. The summed E-state index contributed by atoms with van der Waals surface area (Å²) in [6.45, 7) is 0. The molecule has 0 N–H and O–H groups in total. The minimum absolute atomic E-state index is 0.508. The van der Waals surface area contributed by atoms with Crippen LogP contribution in [0.25, 0.3) is 10.8 Å². The molecule has 0 unspecified atom stereocenters. The van der Waals surface area contributed by atoms with Crippen LogP contribution in [0.5, 0.6) is 11.5 Å². The van der Waals surface area contributed by atoms with Gasteiger partial charge in [-0.05, 0) is 12.1 Å². The van der Waals surface area contributed by atoms with Crippen molar-refractivity contribution >= 4 is 10.8 Å². The molecule has 0 aliphatic rings. The van der Waals surface area contributed by atoms with E-state index in [-0.39, 0.29) is 0 Å². The smallest absolute Gasteiger partial charge is 0.217 e. The van der Waals surface area contributed by atoms with Gasteiger partial charge in [-0.2, -0.15) is 0 Å². The Morgan fingerprint density at radius 1 is 1.13 bits per heavy atom. The zero-order valence-corrected chi connectivity index (χ0v) is 8.43. The molecule has 0 saturated carbocycles. The number of hydrogen-bond acceptors (Lipinski definition) is 4. The van der Waals surface area contributed by atoms with Crippen molar-refractivity contribution in [3.8, 4) is 11.5 Å². The number of ether oxygens (including phenoxy) is 2. The van der Waals surface area contributed by atoms with E-state index in [9.17, 15) is 5.21 Å². The number of fused-ring (bicyclic) bond motifs is 1. The van der Waals surface area contributed by atoms with Gasteiger partial charge in [0.15, 0.2) is 11.5 Å². The molecule has 1 aromatic heterocycles. The lowest BCUT2D eigenvalue weighted by molar-refractivity contribution is -0.667. The van der Waals surface area contributed by atoms with Gasteiger partial charge in [-0.3, -0.25) is 0 Å². The zero-order valence-electron chi connectivity index (χ0n) is 8.43. The summed E-state index contributed by atoms with van der Waals surface area (Å²) in [4.78, 5) is 0.508. The summed E-state index contributed by atoms with van der Waals surface area (Å²) < 4.78 is 10.3. The van der Waals surface area contributed by atoms with Crippen molar-refractivity contribution in [1.82, 2.24) is 5.10 Å². The Morgan fingerprint density at radius 3 is 2.33 bits per heavy atom. The summed E-state index contributed by atoms with van der Waals surface area (Å²) in [7, 11) is 3.12. The van der Waals surface area contributed by atoms with Crippen molar-refractivity contribution in [2.45, 2.75) is 0 Å². The fourth-order valence-electron chi connectivity index (χ4n) is 1.41. The normalized spacial score (nSPS) is 10.3. The maximum absolute atomic E-state index is 11.0. The number of rotatable bonds is 2. The molecule has 15 heavy (non-hydrogen) atoms. The molecular weight excluding hydrogens is 196 g/mol. The van der Waals surface area contributed by atoms with E-state index in [4.69, 9.17) is 9.47 Å². The maximum atomic E-state index is 11.0. The molecule has 0 atom stereocenters. The Bertz CT molecular complexity index is 499. The predicted molar refractivity (Wildman–Crippen MR) is 53.8 cm³/mol. The molecule has 0 bridgehead atoms. The highest BCUT2D eigenvalue weighted by molar-refractivity contribution is 5.84. The second-order valence-electron chi connectivity index (χ2n) is 3.01. The van der Waals surface area contributed by atoms with Gasteiger partial charge < -0.3 is 14.7 Å². The Morgan fingerprint density at radius 2 is 1.73 bits per heavy atom. The first-order valence-electron chi connectivity index (χ1n) is 4.36. The molecule has 5 heteroatoms. The highest BCUT2D eigenvalue weighted by Gasteiger charge is 2.08. The van der Waals surface area contributed by atoms with E-state index in [0.29, 0.717) is 16.3 Å². The van der Waals surface area contributed by atoms with Crippen LogP contribution < -0.4 is 14.3 Å². The van der Waals surface area contributed by atoms with Crippen LogP contribution in [-0.4, -0.2) is 19.3 Å². The third-order valence-corrected chi connectivity index (χ3v) is 2.15. The molecule has 0 aliphatic heterocycles. The average molecular weight is 206 g/mol. The van der Waals surface area contributed by atoms with Crippen LogP contribution in [0, 0.1) is 5.21 Å². The van der Waals surface area contributed by atoms with Crippen LogP contribution in [0.2, 0.25) is 0 Å². The number of nitrogens with zero attached hydrogens (tertiary/aromatic N) is 2. The molecule has 78 valence electrons. The van der Waals surface area contributed by atoms with Crippen molar-refractivity contribution in [3.05, 3.63) is 29.7 Å². The Balaban J connectivity index is 2.69. The molecule has 0 amide bonds. The lowest BCUT2D eigenvalue weighted by Gasteiger charge is -2.07. The molecule has 0 saturated heterocycles. The SMILES string of the molecule is COc1cc2cn[n+]([O-])cc2cc1OC. The molecular formula is C10H10N2O3. The molecule has 0 radical (unpaired) electrons. The second-order valence-corrected chi connectivity index (χ2v) is 3.01.